The van der Waals surface area contributed by atoms with Crippen molar-refractivity contribution in [2.24, 2.45) is 11.7 Å². The van der Waals surface area contributed by atoms with Crippen molar-refractivity contribution < 1.29 is 18.0 Å². The average Bonchev–Trinajstić information content (AvgIpc) is 3.22. The van der Waals surface area contributed by atoms with Crippen LogP contribution in [0.5, 0.6) is 0 Å². The van der Waals surface area contributed by atoms with Crippen LogP contribution in [0.15, 0.2) is 35.4 Å². The molecule has 0 radical (unpaired) electrons. The Bertz CT molecular complexity index is 936. The molecule has 3 rings (SSSR count). The molecule has 1 amide bonds. The Hall–Kier alpha value is -2.26. The molecule has 7 nitrogen and oxygen atoms in total. The van der Waals surface area contributed by atoms with E-state index in [1.54, 1.807) is 12.1 Å². The molecule has 0 spiro atoms. The van der Waals surface area contributed by atoms with E-state index < -0.39 is 9.84 Å². The normalized spacial score (nSPS) is 17.6. The number of nitrogens with zero attached hydrogens (tertiary/aromatic N) is 2. The lowest BCUT2D eigenvalue weighted by Gasteiger charge is -2.13. The Morgan fingerprint density at radius 1 is 1.36 bits per heavy atom. The molecule has 1 aliphatic rings. The number of nitrogens with two attached hydrogens (primary N) is 1. The molecule has 2 aromatic rings. The van der Waals surface area contributed by atoms with Gasteiger partial charge < -0.3 is 10.6 Å². The van der Waals surface area contributed by atoms with E-state index in [1.807, 2.05) is 4.90 Å². The molecule has 25 heavy (non-hydrogen) atoms. The fraction of sp³-hybridized carbons (Fsp3) is 0.312. The van der Waals surface area contributed by atoms with Crippen LogP contribution in [0.4, 0.5) is 5.13 Å². The number of anilines is 1. The largest absolute Gasteiger partial charge is 0.369 e. The van der Waals surface area contributed by atoms with Gasteiger partial charge in [-0.05, 0) is 18.6 Å². The zero-order chi connectivity index (χ0) is 18.2. The summed E-state index contributed by atoms with van der Waals surface area (Å²) in [6, 6.07) is 5.95. The summed E-state index contributed by atoms with van der Waals surface area (Å²) in [7, 11) is -3.38. The van der Waals surface area contributed by atoms with E-state index in [9.17, 15) is 18.0 Å². The van der Waals surface area contributed by atoms with Crippen molar-refractivity contribution in [2.75, 3.05) is 24.2 Å². The van der Waals surface area contributed by atoms with Gasteiger partial charge in [0.05, 0.1) is 21.9 Å². The number of hydrogen-bond donors (Lipinski definition) is 1. The molecule has 0 bridgehead atoms. The van der Waals surface area contributed by atoms with Gasteiger partial charge in [0.25, 0.3) is 0 Å². The summed E-state index contributed by atoms with van der Waals surface area (Å²) in [4.78, 5) is 30.6. The monoisotopic (exact) mass is 379 g/mol. The summed E-state index contributed by atoms with van der Waals surface area (Å²) in [5, 5.41) is 0.659. The van der Waals surface area contributed by atoms with Crippen LogP contribution < -0.4 is 10.6 Å². The molecule has 2 heterocycles. The predicted molar refractivity (Wildman–Crippen MR) is 94.6 cm³/mol. The van der Waals surface area contributed by atoms with Crippen LogP contribution in [0.3, 0.4) is 0 Å². The smallest absolute Gasteiger partial charge is 0.222 e. The quantitative estimate of drug-likeness (QED) is 0.779. The second-order valence-electron chi connectivity index (χ2n) is 5.97. The standard InChI is InChI=1S/C16H17N3O4S2/c1-25(22,23)12-4-2-3-10(7-12)14(20)13-8-18-16(24-13)19-6-5-11(9-19)15(17)21/h2-4,7-8,11H,5-6,9H2,1H3,(H2,17,21). The summed E-state index contributed by atoms with van der Waals surface area (Å²) in [6.07, 6.45) is 3.26. The molecule has 1 aromatic carbocycles. The number of thiazole rings is 1. The zero-order valence-electron chi connectivity index (χ0n) is 13.5. The van der Waals surface area contributed by atoms with Crippen molar-refractivity contribution in [3.8, 4) is 0 Å². The number of sulfone groups is 1. The number of hydrogen-bond acceptors (Lipinski definition) is 7. The van der Waals surface area contributed by atoms with Crippen molar-refractivity contribution in [3.05, 3.63) is 40.9 Å². The number of benzene rings is 1. The fourth-order valence-electron chi connectivity index (χ4n) is 2.69. The third-order valence-corrected chi connectivity index (χ3v) is 6.27. The molecule has 1 aromatic heterocycles. The third kappa shape index (κ3) is 3.72. The van der Waals surface area contributed by atoms with Crippen molar-refractivity contribution in [2.45, 2.75) is 11.3 Å². The molecule has 0 saturated carbocycles. The maximum absolute atomic E-state index is 12.6. The summed E-state index contributed by atoms with van der Waals surface area (Å²) < 4.78 is 23.3. The number of primary amides is 1. The molecule has 1 aliphatic heterocycles. The summed E-state index contributed by atoms with van der Waals surface area (Å²) in [5.74, 6) is -0.803. The molecule has 1 fully saturated rings. The summed E-state index contributed by atoms with van der Waals surface area (Å²) >= 11 is 1.22. The Morgan fingerprint density at radius 2 is 2.12 bits per heavy atom. The van der Waals surface area contributed by atoms with Gasteiger partial charge in [0.2, 0.25) is 11.7 Å². The van der Waals surface area contributed by atoms with E-state index in [-0.39, 0.29) is 22.5 Å². The number of ketones is 1. The lowest BCUT2D eigenvalue weighted by atomic mass is 10.1. The van der Waals surface area contributed by atoms with Crippen LogP contribution in [-0.2, 0) is 14.6 Å². The molecular formula is C16H17N3O4S2. The van der Waals surface area contributed by atoms with Crippen LogP contribution >= 0.6 is 11.3 Å². The number of aromatic nitrogens is 1. The minimum Gasteiger partial charge on any atom is -0.369 e. The van der Waals surface area contributed by atoms with Gasteiger partial charge in [-0.25, -0.2) is 13.4 Å². The summed E-state index contributed by atoms with van der Waals surface area (Å²) in [6.45, 7) is 1.17. The second-order valence-corrected chi connectivity index (χ2v) is 9.00. The van der Waals surface area contributed by atoms with E-state index in [2.05, 4.69) is 4.98 Å². The first kappa shape index (κ1) is 17.6. The van der Waals surface area contributed by atoms with Crippen molar-refractivity contribution in [1.82, 2.24) is 4.98 Å². The van der Waals surface area contributed by atoms with E-state index in [0.29, 0.717) is 35.1 Å². The SMILES string of the molecule is CS(=O)(=O)c1cccc(C(=O)c2cnc(N3CCC(C(N)=O)C3)s2)c1. The van der Waals surface area contributed by atoms with Crippen molar-refractivity contribution in [1.29, 1.82) is 0 Å². The zero-order valence-corrected chi connectivity index (χ0v) is 15.1. The number of carbonyl (C=O) groups excluding carboxylic acids is 2. The van der Waals surface area contributed by atoms with Gasteiger partial charge in [0, 0.05) is 24.9 Å². The molecular weight excluding hydrogens is 362 g/mol. The highest BCUT2D eigenvalue weighted by molar-refractivity contribution is 7.90. The number of rotatable bonds is 5. The van der Waals surface area contributed by atoms with E-state index in [4.69, 9.17) is 5.73 Å². The van der Waals surface area contributed by atoms with E-state index >= 15 is 0 Å². The van der Waals surface area contributed by atoms with Crippen LogP contribution in [0.2, 0.25) is 0 Å². The average molecular weight is 379 g/mol. The van der Waals surface area contributed by atoms with Crippen LogP contribution in [0.25, 0.3) is 0 Å². The minimum absolute atomic E-state index is 0.104. The Morgan fingerprint density at radius 3 is 2.76 bits per heavy atom. The van der Waals surface area contributed by atoms with E-state index in [1.165, 1.54) is 29.7 Å². The maximum atomic E-state index is 12.6. The van der Waals surface area contributed by atoms with Gasteiger partial charge in [0.1, 0.15) is 0 Å². The predicted octanol–water partition coefficient (Wildman–Crippen LogP) is 1.09. The Balaban J connectivity index is 1.81. The number of carbonyl (C=O) groups is 2. The van der Waals surface area contributed by atoms with Gasteiger partial charge in [-0.2, -0.15) is 0 Å². The highest BCUT2D eigenvalue weighted by Crippen LogP contribution is 2.29. The summed E-state index contributed by atoms with van der Waals surface area (Å²) in [5.41, 5.74) is 5.63. The Labute approximate surface area is 149 Å². The minimum atomic E-state index is -3.38. The molecule has 9 heteroatoms. The first-order valence-corrected chi connectivity index (χ1v) is 10.3. The Kier molecular flexibility index (Phi) is 4.61. The molecule has 2 N–H and O–H groups in total. The topological polar surface area (TPSA) is 110 Å². The number of amides is 1. The lowest BCUT2D eigenvalue weighted by molar-refractivity contribution is -0.121. The lowest BCUT2D eigenvalue weighted by Crippen LogP contribution is -2.27. The van der Waals surface area contributed by atoms with Crippen molar-refractivity contribution >= 4 is 38.0 Å². The third-order valence-electron chi connectivity index (χ3n) is 4.10. The van der Waals surface area contributed by atoms with Crippen LogP contribution in [0.1, 0.15) is 21.7 Å². The van der Waals surface area contributed by atoms with Crippen LogP contribution in [0, 0.1) is 5.92 Å². The van der Waals surface area contributed by atoms with Gasteiger partial charge in [-0.3, -0.25) is 9.59 Å². The van der Waals surface area contributed by atoms with Gasteiger partial charge in [0.15, 0.2) is 15.0 Å². The highest BCUT2D eigenvalue weighted by Gasteiger charge is 2.28. The second kappa shape index (κ2) is 6.57. The van der Waals surface area contributed by atoms with Gasteiger partial charge in [-0.1, -0.05) is 23.5 Å². The van der Waals surface area contributed by atoms with Gasteiger partial charge in [-0.15, -0.1) is 0 Å². The maximum Gasteiger partial charge on any atom is 0.222 e. The molecule has 0 aliphatic carbocycles. The molecule has 1 saturated heterocycles. The molecule has 132 valence electrons. The fourth-order valence-corrected chi connectivity index (χ4v) is 4.27. The first-order valence-electron chi connectivity index (χ1n) is 7.60. The molecule has 1 unspecified atom stereocenters. The van der Waals surface area contributed by atoms with Gasteiger partial charge >= 0.3 is 0 Å². The van der Waals surface area contributed by atoms with E-state index in [0.717, 1.165) is 6.26 Å². The van der Waals surface area contributed by atoms with Crippen LogP contribution in [-0.4, -0.2) is 44.4 Å². The highest BCUT2D eigenvalue weighted by atomic mass is 32.2. The van der Waals surface area contributed by atoms with Crippen molar-refractivity contribution in [3.63, 3.8) is 0 Å². The molecule has 1 atom stereocenters. The first-order chi connectivity index (χ1) is 11.8.